The van der Waals surface area contributed by atoms with Crippen LogP contribution in [0.2, 0.25) is 0 Å². The maximum atomic E-state index is 5.38. The molecule has 0 radical (unpaired) electrons. The summed E-state index contributed by atoms with van der Waals surface area (Å²) in [7, 11) is 0. The van der Waals surface area contributed by atoms with E-state index in [2.05, 4.69) is 6.92 Å². The average Bonchev–Trinajstić information content (AvgIpc) is 1.61. The van der Waals surface area contributed by atoms with Gasteiger partial charge in [0.2, 0.25) is 0 Å². The second-order valence-corrected chi connectivity index (χ2v) is 1.77. The van der Waals surface area contributed by atoms with E-state index in [1.54, 1.807) is 0 Å². The fraction of sp³-hybridized carbons (Fsp3) is 1.00. The van der Waals surface area contributed by atoms with Crippen LogP contribution >= 0.6 is 11.6 Å². The molecule has 0 unspecified atom stereocenters. The molecule has 0 bridgehead atoms. The van der Waals surface area contributed by atoms with E-state index in [1.165, 1.54) is 19.3 Å². The summed E-state index contributed by atoms with van der Waals surface area (Å²) in [5, 5.41) is 0. The summed E-state index contributed by atoms with van der Waals surface area (Å²) in [5.74, 6) is 0.827. The molecule has 7 heavy (non-hydrogen) atoms. The molecule has 0 rings (SSSR count). The first kappa shape index (κ1) is 11.0. The zero-order chi connectivity index (χ0) is 4.83. The average molecular weight is 198 g/mol. The first-order chi connectivity index (χ1) is 2.91. The standard InChI is InChI=1S/C5H11Cl.Zr/c1-2-3-4-5-6;/h2-5H2,1H3;. The van der Waals surface area contributed by atoms with Gasteiger partial charge in [0.25, 0.3) is 0 Å². The molecule has 0 aromatic heterocycles. The SMILES string of the molecule is CCCCCCl.[Zr]. The van der Waals surface area contributed by atoms with Crippen molar-refractivity contribution in [2.75, 3.05) is 5.88 Å². The summed E-state index contributed by atoms with van der Waals surface area (Å²) in [4.78, 5) is 0. The Morgan fingerprint density at radius 3 is 2.00 bits per heavy atom. The maximum absolute atomic E-state index is 5.38. The molecular formula is C5H11ClZr. The molecule has 0 spiro atoms. The Morgan fingerprint density at radius 1 is 1.29 bits per heavy atom. The summed E-state index contributed by atoms with van der Waals surface area (Å²) in [6, 6.07) is 0. The van der Waals surface area contributed by atoms with Gasteiger partial charge in [-0.25, -0.2) is 0 Å². The minimum absolute atomic E-state index is 0. The number of alkyl halides is 1. The molecule has 0 aliphatic heterocycles. The van der Waals surface area contributed by atoms with Crippen molar-refractivity contribution in [1.82, 2.24) is 0 Å². The normalized spacial score (nSPS) is 7.71. The van der Waals surface area contributed by atoms with Gasteiger partial charge in [-0.05, 0) is 6.42 Å². The second-order valence-electron chi connectivity index (χ2n) is 1.40. The molecule has 0 heterocycles. The van der Waals surface area contributed by atoms with E-state index >= 15 is 0 Å². The Morgan fingerprint density at radius 2 is 1.86 bits per heavy atom. The zero-order valence-corrected chi connectivity index (χ0v) is 7.92. The van der Waals surface area contributed by atoms with E-state index in [1.807, 2.05) is 0 Å². The smallest absolute Gasteiger partial charge is 0.0223 e. The predicted octanol–water partition coefficient (Wildman–Crippen LogP) is 2.41. The maximum Gasteiger partial charge on any atom is 0.0223 e. The quantitative estimate of drug-likeness (QED) is 0.482. The van der Waals surface area contributed by atoms with Crippen LogP contribution in [0.25, 0.3) is 0 Å². The van der Waals surface area contributed by atoms with E-state index < -0.39 is 0 Å². The van der Waals surface area contributed by atoms with Crippen molar-refractivity contribution in [1.29, 1.82) is 0 Å². The van der Waals surface area contributed by atoms with Crippen molar-refractivity contribution in [3.05, 3.63) is 0 Å². The van der Waals surface area contributed by atoms with Crippen molar-refractivity contribution in [3.8, 4) is 0 Å². The third-order valence-corrected chi connectivity index (χ3v) is 1.00. The Balaban J connectivity index is 0. The molecule has 0 saturated carbocycles. The van der Waals surface area contributed by atoms with Gasteiger partial charge in [-0.3, -0.25) is 0 Å². The number of hydrogen-bond donors (Lipinski definition) is 0. The largest absolute Gasteiger partial charge is 0.127 e. The second kappa shape index (κ2) is 10.2. The van der Waals surface area contributed by atoms with E-state index in [4.69, 9.17) is 11.6 Å². The Hall–Kier alpha value is 1.17. The van der Waals surface area contributed by atoms with Crippen LogP contribution in [0.15, 0.2) is 0 Å². The molecule has 0 amide bonds. The van der Waals surface area contributed by atoms with Crippen LogP contribution in [0.3, 0.4) is 0 Å². The van der Waals surface area contributed by atoms with Crippen LogP contribution in [-0.4, -0.2) is 5.88 Å². The van der Waals surface area contributed by atoms with Crippen LogP contribution in [0, 0.1) is 0 Å². The van der Waals surface area contributed by atoms with Crippen molar-refractivity contribution in [2.45, 2.75) is 26.2 Å². The van der Waals surface area contributed by atoms with Gasteiger partial charge in [0.05, 0.1) is 0 Å². The number of unbranched alkanes of at least 4 members (excludes halogenated alkanes) is 2. The molecule has 0 aromatic rings. The monoisotopic (exact) mass is 196 g/mol. The number of halogens is 1. The van der Waals surface area contributed by atoms with Gasteiger partial charge in [0.15, 0.2) is 0 Å². The molecule has 42 valence electrons. The minimum atomic E-state index is 0. The fourth-order valence-electron chi connectivity index (χ4n) is 0.344. The van der Waals surface area contributed by atoms with E-state index in [0.717, 1.165) is 5.88 Å². The molecule has 0 nitrogen and oxygen atoms in total. The first-order valence-electron chi connectivity index (χ1n) is 2.47. The fourth-order valence-corrected chi connectivity index (χ4v) is 0.533. The summed E-state index contributed by atoms with van der Waals surface area (Å²) in [6.07, 6.45) is 3.73. The van der Waals surface area contributed by atoms with Crippen molar-refractivity contribution >= 4 is 11.6 Å². The molecule has 0 atom stereocenters. The van der Waals surface area contributed by atoms with Crippen LogP contribution < -0.4 is 0 Å². The van der Waals surface area contributed by atoms with E-state index in [-0.39, 0.29) is 26.2 Å². The Kier molecular flexibility index (Phi) is 16.1. The summed E-state index contributed by atoms with van der Waals surface area (Å²) >= 11 is 5.38. The third-order valence-electron chi connectivity index (χ3n) is 0.737. The predicted molar refractivity (Wildman–Crippen MR) is 30.2 cm³/mol. The Bertz CT molecular complexity index is 20.0. The molecule has 0 aliphatic carbocycles. The van der Waals surface area contributed by atoms with Crippen molar-refractivity contribution in [3.63, 3.8) is 0 Å². The Labute approximate surface area is 69.8 Å². The minimum Gasteiger partial charge on any atom is -0.127 e. The number of rotatable bonds is 3. The van der Waals surface area contributed by atoms with Crippen molar-refractivity contribution < 1.29 is 26.2 Å². The summed E-state index contributed by atoms with van der Waals surface area (Å²) in [5.41, 5.74) is 0. The van der Waals surface area contributed by atoms with Crippen molar-refractivity contribution in [2.24, 2.45) is 0 Å². The molecule has 0 aliphatic rings. The topological polar surface area (TPSA) is 0 Å². The molecule has 0 N–H and O–H groups in total. The van der Waals surface area contributed by atoms with Gasteiger partial charge in [0, 0.05) is 32.1 Å². The van der Waals surface area contributed by atoms with E-state index in [9.17, 15) is 0 Å². The molecular weight excluding hydrogens is 187 g/mol. The van der Waals surface area contributed by atoms with Gasteiger partial charge >= 0.3 is 0 Å². The number of hydrogen-bond acceptors (Lipinski definition) is 0. The zero-order valence-electron chi connectivity index (χ0n) is 4.71. The van der Waals surface area contributed by atoms with Gasteiger partial charge in [0.1, 0.15) is 0 Å². The van der Waals surface area contributed by atoms with Gasteiger partial charge in [-0.2, -0.15) is 0 Å². The summed E-state index contributed by atoms with van der Waals surface area (Å²) in [6.45, 7) is 2.17. The van der Waals surface area contributed by atoms with Gasteiger partial charge < -0.3 is 0 Å². The molecule has 0 saturated heterocycles. The summed E-state index contributed by atoms with van der Waals surface area (Å²) < 4.78 is 0. The molecule has 0 aromatic carbocycles. The van der Waals surface area contributed by atoms with E-state index in [0.29, 0.717) is 0 Å². The van der Waals surface area contributed by atoms with Crippen LogP contribution in [0.5, 0.6) is 0 Å². The molecule has 0 fully saturated rings. The van der Waals surface area contributed by atoms with Crippen LogP contribution in [0.4, 0.5) is 0 Å². The first-order valence-corrected chi connectivity index (χ1v) is 3.01. The molecule has 2 heteroatoms. The van der Waals surface area contributed by atoms with Crippen LogP contribution in [-0.2, 0) is 26.2 Å². The third kappa shape index (κ3) is 11.0. The van der Waals surface area contributed by atoms with Crippen LogP contribution in [0.1, 0.15) is 26.2 Å². The van der Waals surface area contributed by atoms with Gasteiger partial charge in [-0.1, -0.05) is 19.8 Å². The van der Waals surface area contributed by atoms with Gasteiger partial charge in [-0.15, -0.1) is 11.6 Å².